The number of cyclic esters (lactones) is 1. The lowest BCUT2D eigenvalue weighted by Crippen LogP contribution is -2.37. The summed E-state index contributed by atoms with van der Waals surface area (Å²) in [5.41, 5.74) is 0.776. The lowest BCUT2D eigenvalue weighted by atomic mass is 9.89. The molecule has 0 spiro atoms. The molecule has 5 heteroatoms. The summed E-state index contributed by atoms with van der Waals surface area (Å²) in [6.07, 6.45) is -0.126. The molecule has 0 amide bonds. The van der Waals surface area contributed by atoms with Crippen LogP contribution in [0.3, 0.4) is 0 Å². The minimum Gasteiger partial charge on any atom is -0.493 e. The molecule has 2 aromatic carbocycles. The van der Waals surface area contributed by atoms with Crippen LogP contribution in [0.1, 0.15) is 37.0 Å². The zero-order valence-corrected chi connectivity index (χ0v) is 14.4. The van der Waals surface area contributed by atoms with E-state index in [1.165, 1.54) is 0 Å². The third-order valence-electron chi connectivity index (χ3n) is 4.22. The number of hydrogen-bond donors (Lipinski definition) is 1. The average molecular weight is 342 g/mol. The fourth-order valence-corrected chi connectivity index (χ4v) is 2.95. The van der Waals surface area contributed by atoms with E-state index >= 15 is 0 Å². The van der Waals surface area contributed by atoms with E-state index in [4.69, 9.17) is 14.2 Å². The van der Waals surface area contributed by atoms with Crippen LogP contribution in [0, 0.1) is 0 Å². The fourth-order valence-electron chi connectivity index (χ4n) is 2.95. The predicted molar refractivity (Wildman–Crippen MR) is 92.5 cm³/mol. The van der Waals surface area contributed by atoms with Crippen LogP contribution in [0.15, 0.2) is 48.5 Å². The number of methoxy groups -OCH3 is 1. The zero-order valence-electron chi connectivity index (χ0n) is 14.4. The molecule has 3 rings (SSSR count). The molecule has 0 aliphatic carbocycles. The smallest absolute Gasteiger partial charge is 0.309 e. The van der Waals surface area contributed by atoms with Crippen LogP contribution in [-0.4, -0.2) is 23.8 Å². The van der Waals surface area contributed by atoms with Gasteiger partial charge in [0, 0.05) is 6.42 Å². The van der Waals surface area contributed by atoms with Crippen molar-refractivity contribution >= 4 is 5.97 Å². The van der Waals surface area contributed by atoms with Crippen LogP contribution < -0.4 is 9.47 Å². The molecule has 2 unspecified atom stereocenters. The summed E-state index contributed by atoms with van der Waals surface area (Å²) in [5, 5.41) is 10.2. The van der Waals surface area contributed by atoms with Gasteiger partial charge in [0.2, 0.25) is 0 Å². The molecule has 2 aromatic rings. The number of hydrogen-bond acceptors (Lipinski definition) is 5. The van der Waals surface area contributed by atoms with Crippen LogP contribution >= 0.6 is 0 Å². The highest BCUT2D eigenvalue weighted by Crippen LogP contribution is 2.38. The topological polar surface area (TPSA) is 65.0 Å². The van der Waals surface area contributed by atoms with Crippen LogP contribution in [0.5, 0.6) is 11.5 Å². The van der Waals surface area contributed by atoms with Gasteiger partial charge in [0.15, 0.2) is 11.5 Å². The Balaban J connectivity index is 1.76. The van der Waals surface area contributed by atoms with E-state index < -0.39 is 17.7 Å². The van der Waals surface area contributed by atoms with Crippen LogP contribution in [0.2, 0.25) is 0 Å². The van der Waals surface area contributed by atoms with Gasteiger partial charge in [0.25, 0.3) is 0 Å². The molecule has 1 aliphatic rings. The molecule has 0 saturated carbocycles. The Morgan fingerprint density at radius 1 is 1.20 bits per heavy atom. The Morgan fingerprint density at radius 3 is 2.64 bits per heavy atom. The van der Waals surface area contributed by atoms with E-state index in [1.807, 2.05) is 36.4 Å². The van der Waals surface area contributed by atoms with E-state index in [1.54, 1.807) is 26.2 Å². The van der Waals surface area contributed by atoms with Crippen molar-refractivity contribution in [2.45, 2.75) is 38.1 Å². The highest BCUT2D eigenvalue weighted by atomic mass is 16.5. The molecular formula is C20H22O5. The molecule has 1 saturated heterocycles. The first-order valence-corrected chi connectivity index (χ1v) is 8.23. The molecule has 0 radical (unpaired) electrons. The Hall–Kier alpha value is -2.53. The zero-order chi connectivity index (χ0) is 17.9. The Kier molecular flexibility index (Phi) is 4.95. The maximum atomic E-state index is 11.7. The number of benzene rings is 2. The number of carbonyl (C=O) groups excluding carboxylic acids is 1. The SMILES string of the molecule is COc1cc(C2CC(C)(O)CC(=O)O2)ccc1OCc1ccccc1. The molecule has 25 heavy (non-hydrogen) atoms. The lowest BCUT2D eigenvalue weighted by molar-refractivity contribution is -0.168. The lowest BCUT2D eigenvalue weighted by Gasteiger charge is -2.33. The molecule has 1 fully saturated rings. The van der Waals surface area contributed by atoms with Crippen molar-refractivity contribution in [2.24, 2.45) is 0 Å². The van der Waals surface area contributed by atoms with E-state index in [-0.39, 0.29) is 6.42 Å². The molecule has 1 heterocycles. The van der Waals surface area contributed by atoms with Crippen molar-refractivity contribution in [1.29, 1.82) is 0 Å². The minimum atomic E-state index is -1.06. The summed E-state index contributed by atoms with van der Waals surface area (Å²) in [6, 6.07) is 15.3. The molecule has 0 aromatic heterocycles. The van der Waals surface area contributed by atoms with Crippen molar-refractivity contribution < 1.29 is 24.1 Å². The van der Waals surface area contributed by atoms with Gasteiger partial charge in [-0.15, -0.1) is 0 Å². The Morgan fingerprint density at radius 2 is 1.96 bits per heavy atom. The second-order valence-electron chi connectivity index (χ2n) is 6.54. The summed E-state index contributed by atoms with van der Waals surface area (Å²) in [6.45, 7) is 2.08. The highest BCUT2D eigenvalue weighted by molar-refractivity contribution is 5.72. The fraction of sp³-hybridized carbons (Fsp3) is 0.350. The first-order valence-electron chi connectivity index (χ1n) is 8.23. The summed E-state index contributed by atoms with van der Waals surface area (Å²) in [4.78, 5) is 11.7. The van der Waals surface area contributed by atoms with Gasteiger partial charge in [-0.1, -0.05) is 36.4 Å². The summed E-state index contributed by atoms with van der Waals surface area (Å²) >= 11 is 0. The second kappa shape index (κ2) is 7.15. The summed E-state index contributed by atoms with van der Waals surface area (Å²) < 4.78 is 16.6. The minimum absolute atomic E-state index is 0.0128. The number of rotatable bonds is 5. The number of esters is 1. The Bertz CT molecular complexity index is 739. The van der Waals surface area contributed by atoms with Crippen LogP contribution in [0.4, 0.5) is 0 Å². The standard InChI is InChI=1S/C20H22O5/c1-20(22)11-18(25-19(21)12-20)15-8-9-16(17(10-15)23-2)24-13-14-6-4-3-5-7-14/h3-10,18,22H,11-13H2,1-2H3. The monoisotopic (exact) mass is 342 g/mol. The quantitative estimate of drug-likeness (QED) is 0.844. The second-order valence-corrected chi connectivity index (χ2v) is 6.54. The van der Waals surface area contributed by atoms with Crippen molar-refractivity contribution in [3.05, 3.63) is 59.7 Å². The van der Waals surface area contributed by atoms with Gasteiger partial charge in [-0.3, -0.25) is 4.79 Å². The van der Waals surface area contributed by atoms with Gasteiger partial charge in [-0.25, -0.2) is 0 Å². The first-order chi connectivity index (χ1) is 12.0. The first kappa shape index (κ1) is 17.3. The van der Waals surface area contributed by atoms with Crippen molar-refractivity contribution in [3.63, 3.8) is 0 Å². The maximum absolute atomic E-state index is 11.7. The molecule has 0 bridgehead atoms. The van der Waals surface area contributed by atoms with Gasteiger partial charge >= 0.3 is 5.97 Å². The molecular weight excluding hydrogens is 320 g/mol. The molecule has 1 N–H and O–H groups in total. The summed E-state index contributed by atoms with van der Waals surface area (Å²) in [7, 11) is 1.57. The van der Waals surface area contributed by atoms with Crippen molar-refractivity contribution in [1.82, 2.24) is 0 Å². The predicted octanol–water partition coefficient (Wildman–Crippen LogP) is 3.40. The molecule has 132 valence electrons. The molecule has 1 aliphatic heterocycles. The Labute approximate surface area is 147 Å². The summed E-state index contributed by atoms with van der Waals surface area (Å²) in [5.74, 6) is 0.781. The van der Waals surface area contributed by atoms with E-state index in [2.05, 4.69) is 0 Å². The van der Waals surface area contributed by atoms with Gasteiger partial charge < -0.3 is 19.3 Å². The van der Waals surface area contributed by atoms with Gasteiger partial charge in [0.1, 0.15) is 12.7 Å². The van der Waals surface area contributed by atoms with E-state index in [0.29, 0.717) is 24.5 Å². The van der Waals surface area contributed by atoms with Crippen molar-refractivity contribution in [2.75, 3.05) is 7.11 Å². The van der Waals surface area contributed by atoms with Gasteiger partial charge in [-0.2, -0.15) is 0 Å². The highest BCUT2D eigenvalue weighted by Gasteiger charge is 2.37. The maximum Gasteiger partial charge on any atom is 0.309 e. The van der Waals surface area contributed by atoms with E-state index in [9.17, 15) is 9.90 Å². The normalized spacial score (nSPS) is 23.0. The third-order valence-corrected chi connectivity index (χ3v) is 4.22. The third kappa shape index (κ3) is 4.31. The van der Waals surface area contributed by atoms with Crippen molar-refractivity contribution in [3.8, 4) is 11.5 Å². The average Bonchev–Trinajstić information content (AvgIpc) is 2.59. The number of carbonyl (C=O) groups is 1. The van der Waals surface area contributed by atoms with Crippen LogP contribution in [0.25, 0.3) is 0 Å². The number of aliphatic hydroxyl groups is 1. The van der Waals surface area contributed by atoms with Crippen LogP contribution in [-0.2, 0) is 16.1 Å². The largest absolute Gasteiger partial charge is 0.493 e. The molecule has 2 atom stereocenters. The molecule has 5 nitrogen and oxygen atoms in total. The number of ether oxygens (including phenoxy) is 3. The van der Waals surface area contributed by atoms with Gasteiger partial charge in [0.05, 0.1) is 19.1 Å². The van der Waals surface area contributed by atoms with E-state index in [0.717, 1.165) is 11.1 Å². The van der Waals surface area contributed by atoms with Gasteiger partial charge in [-0.05, 0) is 30.2 Å².